The van der Waals surface area contributed by atoms with Crippen molar-refractivity contribution >= 4 is 35.1 Å². The van der Waals surface area contributed by atoms with Crippen LogP contribution >= 0.6 is 11.6 Å². The quantitative estimate of drug-likeness (QED) is 0.600. The number of hydrogen-bond donors (Lipinski definition) is 2. The lowest BCUT2D eigenvalue weighted by molar-refractivity contribution is 0.0955. The van der Waals surface area contributed by atoms with Gasteiger partial charge in [0, 0.05) is 12.1 Å². The molecule has 1 amide bonds. The molecule has 2 N–H and O–H groups in total. The van der Waals surface area contributed by atoms with Crippen LogP contribution in [0.1, 0.15) is 10.4 Å². The average molecular weight is 447 g/mol. The van der Waals surface area contributed by atoms with Gasteiger partial charge in [-0.1, -0.05) is 11.6 Å². The Labute approximate surface area is 181 Å². The lowest BCUT2D eigenvalue weighted by Crippen LogP contribution is -2.54. The maximum atomic E-state index is 14.6. The third-order valence-corrected chi connectivity index (χ3v) is 4.85. The Kier molecular flexibility index (Phi) is 5.81. The average Bonchev–Trinajstić information content (AvgIpc) is 2.74. The lowest BCUT2D eigenvalue weighted by atomic mass is 10.1. The smallest absolute Gasteiger partial charge is 0.257 e. The summed E-state index contributed by atoms with van der Waals surface area (Å²) in [5.74, 6) is -1.73. The number of carbonyl (C=O) groups is 1. The molecule has 0 spiro atoms. The van der Waals surface area contributed by atoms with Crippen molar-refractivity contribution in [3.05, 3.63) is 64.9 Å². The van der Waals surface area contributed by atoms with E-state index in [-0.39, 0.29) is 17.7 Å². The summed E-state index contributed by atoms with van der Waals surface area (Å²) in [7, 11) is 1.29. The first-order chi connectivity index (χ1) is 14.9. The maximum Gasteiger partial charge on any atom is 0.257 e. The van der Waals surface area contributed by atoms with E-state index in [1.54, 1.807) is 24.3 Å². The molecule has 3 aromatic rings. The van der Waals surface area contributed by atoms with Crippen LogP contribution < -0.4 is 20.3 Å². The molecule has 1 aliphatic rings. The van der Waals surface area contributed by atoms with Gasteiger partial charge < -0.3 is 20.3 Å². The predicted octanol–water partition coefficient (Wildman–Crippen LogP) is 3.17. The van der Waals surface area contributed by atoms with E-state index in [4.69, 9.17) is 16.3 Å². The van der Waals surface area contributed by atoms with Crippen molar-refractivity contribution in [2.75, 3.05) is 30.4 Å². The van der Waals surface area contributed by atoms with E-state index in [1.807, 2.05) is 4.90 Å². The standard InChI is InChI=1S/C20H17ClF2N6O2/c1-24-18(30)16-14(22)6-7-15(17(16)23)27-19-25-10-26-20(28-19)29-8-13(9-29)31-12-4-2-11(21)3-5-12/h2-7,10,13H,8-9H2,1H3,(H,24,30)(H,25,26,27,28). The Morgan fingerprint density at radius 2 is 1.90 bits per heavy atom. The monoisotopic (exact) mass is 446 g/mol. The highest BCUT2D eigenvalue weighted by Gasteiger charge is 2.31. The van der Waals surface area contributed by atoms with Gasteiger partial charge in [0.05, 0.1) is 18.8 Å². The van der Waals surface area contributed by atoms with Crippen molar-refractivity contribution in [2.45, 2.75) is 6.10 Å². The van der Waals surface area contributed by atoms with Crippen LogP contribution in [0.15, 0.2) is 42.7 Å². The summed E-state index contributed by atoms with van der Waals surface area (Å²) < 4.78 is 34.3. The summed E-state index contributed by atoms with van der Waals surface area (Å²) in [6.45, 7) is 1.11. The summed E-state index contributed by atoms with van der Waals surface area (Å²) in [6, 6.07) is 9.25. The fourth-order valence-corrected chi connectivity index (χ4v) is 3.11. The number of nitrogens with one attached hydrogen (secondary N) is 2. The van der Waals surface area contributed by atoms with Gasteiger partial charge in [0.1, 0.15) is 29.6 Å². The van der Waals surface area contributed by atoms with Crippen molar-refractivity contribution in [2.24, 2.45) is 0 Å². The minimum Gasteiger partial charge on any atom is -0.487 e. The third kappa shape index (κ3) is 4.48. The molecule has 0 unspecified atom stereocenters. The summed E-state index contributed by atoms with van der Waals surface area (Å²) in [4.78, 5) is 26.0. The number of anilines is 3. The molecule has 1 fully saturated rings. The molecule has 4 rings (SSSR count). The Morgan fingerprint density at radius 1 is 1.16 bits per heavy atom. The van der Waals surface area contributed by atoms with Crippen molar-refractivity contribution < 1.29 is 18.3 Å². The molecular weight excluding hydrogens is 430 g/mol. The van der Waals surface area contributed by atoms with E-state index in [0.717, 1.165) is 6.07 Å². The number of ether oxygens (including phenoxy) is 1. The highest BCUT2D eigenvalue weighted by atomic mass is 35.5. The van der Waals surface area contributed by atoms with Gasteiger partial charge in [-0.15, -0.1) is 0 Å². The van der Waals surface area contributed by atoms with Gasteiger partial charge >= 0.3 is 0 Å². The van der Waals surface area contributed by atoms with E-state index in [2.05, 4.69) is 25.6 Å². The Hall–Kier alpha value is -3.53. The van der Waals surface area contributed by atoms with E-state index < -0.39 is 23.1 Å². The molecule has 160 valence electrons. The van der Waals surface area contributed by atoms with Crippen LogP contribution in [-0.2, 0) is 0 Å². The second-order valence-corrected chi connectivity index (χ2v) is 7.13. The SMILES string of the molecule is CNC(=O)c1c(F)ccc(Nc2ncnc(N3CC(Oc4ccc(Cl)cc4)C3)n2)c1F. The normalized spacial score (nSPS) is 13.5. The third-order valence-electron chi connectivity index (χ3n) is 4.60. The van der Waals surface area contributed by atoms with Gasteiger partial charge in [0.15, 0.2) is 5.82 Å². The number of carbonyl (C=O) groups excluding carboxylic acids is 1. The van der Waals surface area contributed by atoms with Crippen molar-refractivity contribution in [1.29, 1.82) is 0 Å². The van der Waals surface area contributed by atoms with Crippen molar-refractivity contribution in [3.8, 4) is 5.75 Å². The molecule has 0 radical (unpaired) electrons. The molecule has 2 aromatic carbocycles. The van der Waals surface area contributed by atoms with Crippen LogP contribution in [0.4, 0.5) is 26.4 Å². The second-order valence-electron chi connectivity index (χ2n) is 6.70. The van der Waals surface area contributed by atoms with Crippen LogP contribution in [0.2, 0.25) is 5.02 Å². The molecule has 0 atom stereocenters. The summed E-state index contributed by atoms with van der Waals surface area (Å²) in [6.07, 6.45) is 1.23. The lowest BCUT2D eigenvalue weighted by Gasteiger charge is -2.38. The van der Waals surface area contributed by atoms with Gasteiger partial charge in [0.2, 0.25) is 11.9 Å². The fourth-order valence-electron chi connectivity index (χ4n) is 2.98. The Morgan fingerprint density at radius 3 is 2.61 bits per heavy atom. The zero-order valence-corrected chi connectivity index (χ0v) is 17.0. The number of halogens is 3. The summed E-state index contributed by atoms with van der Waals surface area (Å²) in [5, 5.41) is 5.50. The first-order valence-electron chi connectivity index (χ1n) is 9.28. The number of aromatic nitrogens is 3. The topological polar surface area (TPSA) is 92.3 Å². The summed E-state index contributed by atoms with van der Waals surface area (Å²) in [5.41, 5.74) is -0.823. The number of nitrogens with zero attached hydrogens (tertiary/aromatic N) is 4. The zero-order valence-electron chi connectivity index (χ0n) is 16.3. The molecule has 1 aromatic heterocycles. The summed E-state index contributed by atoms with van der Waals surface area (Å²) >= 11 is 5.87. The minimum absolute atomic E-state index is 0.0426. The molecule has 1 saturated heterocycles. The molecule has 0 saturated carbocycles. The number of benzene rings is 2. The number of hydrogen-bond acceptors (Lipinski definition) is 7. The van der Waals surface area contributed by atoms with Crippen molar-refractivity contribution in [3.63, 3.8) is 0 Å². The fraction of sp³-hybridized carbons (Fsp3) is 0.200. The van der Waals surface area contributed by atoms with Crippen LogP contribution in [0.3, 0.4) is 0 Å². The van der Waals surface area contributed by atoms with Gasteiger partial charge in [-0.3, -0.25) is 4.79 Å². The van der Waals surface area contributed by atoms with E-state index in [9.17, 15) is 13.6 Å². The van der Waals surface area contributed by atoms with Gasteiger partial charge in [-0.05, 0) is 36.4 Å². The number of rotatable bonds is 6. The highest BCUT2D eigenvalue weighted by Crippen LogP contribution is 2.26. The van der Waals surface area contributed by atoms with Crippen LogP contribution in [0, 0.1) is 11.6 Å². The van der Waals surface area contributed by atoms with E-state index in [1.165, 1.54) is 19.4 Å². The van der Waals surface area contributed by atoms with E-state index in [0.29, 0.717) is 29.8 Å². The first kappa shape index (κ1) is 20.7. The predicted molar refractivity (Wildman–Crippen MR) is 111 cm³/mol. The molecular formula is C20H17ClF2N6O2. The van der Waals surface area contributed by atoms with Crippen LogP contribution in [0.5, 0.6) is 5.75 Å². The van der Waals surface area contributed by atoms with Crippen LogP contribution in [0.25, 0.3) is 0 Å². The maximum absolute atomic E-state index is 14.6. The van der Waals surface area contributed by atoms with E-state index >= 15 is 0 Å². The Bertz CT molecular complexity index is 1110. The molecule has 1 aliphatic heterocycles. The van der Waals surface area contributed by atoms with Crippen LogP contribution in [-0.4, -0.2) is 47.1 Å². The molecule has 8 nitrogen and oxygen atoms in total. The van der Waals surface area contributed by atoms with Gasteiger partial charge in [-0.25, -0.2) is 18.7 Å². The largest absolute Gasteiger partial charge is 0.487 e. The van der Waals surface area contributed by atoms with Gasteiger partial charge in [-0.2, -0.15) is 4.98 Å². The Balaban J connectivity index is 1.43. The number of amides is 1. The minimum atomic E-state index is -1.04. The second kappa shape index (κ2) is 8.68. The van der Waals surface area contributed by atoms with Gasteiger partial charge in [0.25, 0.3) is 5.91 Å². The molecule has 2 heterocycles. The molecule has 31 heavy (non-hydrogen) atoms. The first-order valence-corrected chi connectivity index (χ1v) is 9.65. The molecule has 11 heteroatoms. The molecule has 0 aliphatic carbocycles. The highest BCUT2D eigenvalue weighted by molar-refractivity contribution is 6.30. The van der Waals surface area contributed by atoms with Crippen molar-refractivity contribution in [1.82, 2.24) is 20.3 Å². The zero-order chi connectivity index (χ0) is 22.0. The molecule has 0 bridgehead atoms.